The van der Waals surface area contributed by atoms with Gasteiger partial charge in [-0.2, -0.15) is 0 Å². The molecule has 26 heavy (non-hydrogen) atoms. The highest BCUT2D eigenvalue weighted by molar-refractivity contribution is 6.30. The van der Waals surface area contributed by atoms with Gasteiger partial charge in [-0.15, -0.1) is 0 Å². The van der Waals surface area contributed by atoms with Gasteiger partial charge in [0.1, 0.15) is 5.60 Å². The molecule has 1 saturated heterocycles. The minimum Gasteiger partial charge on any atom is -0.444 e. The number of hydrogen-bond donors (Lipinski definition) is 2. The first-order valence-electron chi connectivity index (χ1n) is 8.94. The van der Waals surface area contributed by atoms with Crippen LogP contribution < -0.4 is 10.6 Å². The summed E-state index contributed by atoms with van der Waals surface area (Å²) in [4.78, 5) is 26.1. The average molecular weight is 382 g/mol. The Morgan fingerprint density at radius 1 is 1.27 bits per heavy atom. The van der Waals surface area contributed by atoms with Crippen molar-refractivity contribution < 1.29 is 14.3 Å². The number of nitrogens with zero attached hydrogens (tertiary/aromatic N) is 1. The number of amides is 2. The first kappa shape index (κ1) is 20.5. The van der Waals surface area contributed by atoms with E-state index in [1.54, 1.807) is 12.1 Å². The molecular formula is C19H28ClN3O3. The van der Waals surface area contributed by atoms with Gasteiger partial charge in [0.05, 0.1) is 6.54 Å². The van der Waals surface area contributed by atoms with Crippen molar-refractivity contribution in [3.8, 4) is 0 Å². The number of piperidine rings is 1. The van der Waals surface area contributed by atoms with Gasteiger partial charge in [0.15, 0.2) is 0 Å². The summed E-state index contributed by atoms with van der Waals surface area (Å²) in [6.45, 7) is 7.80. The van der Waals surface area contributed by atoms with Crippen LogP contribution in [0.5, 0.6) is 0 Å². The molecule has 6 nitrogen and oxygen atoms in total. The summed E-state index contributed by atoms with van der Waals surface area (Å²) in [5.74, 6) is -0.0298. The normalized spacial score (nSPS) is 18.2. The van der Waals surface area contributed by atoms with Gasteiger partial charge in [0.25, 0.3) is 0 Å². The Morgan fingerprint density at radius 3 is 2.62 bits per heavy atom. The summed E-state index contributed by atoms with van der Waals surface area (Å²) >= 11 is 5.86. The molecule has 1 aromatic carbocycles. The number of nitrogens with one attached hydrogen (secondary N) is 2. The van der Waals surface area contributed by atoms with E-state index < -0.39 is 11.7 Å². The maximum atomic E-state index is 12.2. The Morgan fingerprint density at radius 2 is 1.96 bits per heavy atom. The Bertz CT molecular complexity index is 613. The molecule has 1 heterocycles. The number of rotatable bonds is 5. The summed E-state index contributed by atoms with van der Waals surface area (Å²) in [6.07, 6.45) is 1.42. The molecule has 0 spiro atoms. The molecule has 0 aliphatic carbocycles. The first-order chi connectivity index (χ1) is 12.2. The van der Waals surface area contributed by atoms with Crippen LogP contribution in [0.4, 0.5) is 4.79 Å². The lowest BCUT2D eigenvalue weighted by atomic mass is 10.1. The maximum absolute atomic E-state index is 12.2. The summed E-state index contributed by atoms with van der Waals surface area (Å²) < 4.78 is 5.30. The zero-order chi connectivity index (χ0) is 19.2. The molecule has 144 valence electrons. The van der Waals surface area contributed by atoms with Crippen LogP contribution in [0, 0.1) is 0 Å². The second kappa shape index (κ2) is 9.24. The summed E-state index contributed by atoms with van der Waals surface area (Å²) in [5.41, 5.74) is 0.492. The van der Waals surface area contributed by atoms with Crippen molar-refractivity contribution in [1.29, 1.82) is 0 Å². The lowest BCUT2D eigenvalue weighted by Gasteiger charge is -2.33. The standard InChI is InChI=1S/C19H28ClN3O3/c1-19(2,3)26-18(25)22-16-5-4-10-23(12-16)13-17(24)21-11-14-6-8-15(20)9-7-14/h6-9,16H,4-5,10-13H2,1-3H3,(H,21,24)(H,22,25)/t16-/m1/s1. The molecule has 1 aromatic rings. The topological polar surface area (TPSA) is 70.7 Å². The summed E-state index contributed by atoms with van der Waals surface area (Å²) in [5, 5.41) is 6.49. The largest absolute Gasteiger partial charge is 0.444 e. The molecule has 1 fully saturated rings. The van der Waals surface area contributed by atoms with E-state index in [4.69, 9.17) is 16.3 Å². The van der Waals surface area contributed by atoms with Gasteiger partial charge in [-0.25, -0.2) is 4.79 Å². The molecule has 7 heteroatoms. The van der Waals surface area contributed by atoms with Crippen LogP contribution in [-0.4, -0.2) is 48.2 Å². The third-order valence-electron chi connectivity index (χ3n) is 4.00. The zero-order valence-electron chi connectivity index (χ0n) is 15.7. The molecule has 0 saturated carbocycles. The van der Waals surface area contributed by atoms with Gasteiger partial charge in [0, 0.05) is 24.2 Å². The molecule has 1 aliphatic heterocycles. The van der Waals surface area contributed by atoms with Crippen molar-refractivity contribution in [2.24, 2.45) is 0 Å². The molecule has 0 radical (unpaired) electrons. The van der Waals surface area contributed by atoms with Crippen LogP contribution in [0.25, 0.3) is 0 Å². The van der Waals surface area contributed by atoms with Crippen LogP contribution in [0.2, 0.25) is 5.02 Å². The second-order valence-corrected chi connectivity index (χ2v) is 8.06. The summed E-state index contributed by atoms with van der Waals surface area (Å²) in [7, 11) is 0. The molecule has 0 unspecified atom stereocenters. The van der Waals surface area contributed by atoms with Gasteiger partial charge >= 0.3 is 6.09 Å². The third kappa shape index (κ3) is 7.62. The van der Waals surface area contributed by atoms with Crippen molar-refractivity contribution in [3.05, 3.63) is 34.9 Å². The SMILES string of the molecule is CC(C)(C)OC(=O)N[C@@H]1CCCN(CC(=O)NCc2ccc(Cl)cc2)C1. The van der Waals surface area contributed by atoms with E-state index in [1.807, 2.05) is 32.9 Å². The Balaban J connectivity index is 1.73. The highest BCUT2D eigenvalue weighted by Gasteiger charge is 2.25. The molecule has 0 bridgehead atoms. The van der Waals surface area contributed by atoms with Crippen molar-refractivity contribution in [1.82, 2.24) is 15.5 Å². The van der Waals surface area contributed by atoms with Crippen molar-refractivity contribution in [2.45, 2.75) is 51.8 Å². The second-order valence-electron chi connectivity index (χ2n) is 7.62. The van der Waals surface area contributed by atoms with Crippen LogP contribution in [0.3, 0.4) is 0 Å². The first-order valence-corrected chi connectivity index (χ1v) is 9.32. The molecule has 1 atom stereocenters. The quantitative estimate of drug-likeness (QED) is 0.822. The molecule has 2 rings (SSSR count). The van der Waals surface area contributed by atoms with Crippen LogP contribution in [0.15, 0.2) is 24.3 Å². The monoisotopic (exact) mass is 381 g/mol. The zero-order valence-corrected chi connectivity index (χ0v) is 16.4. The number of carbonyl (C=O) groups excluding carboxylic acids is 2. The van der Waals surface area contributed by atoms with Crippen LogP contribution in [0.1, 0.15) is 39.2 Å². The van der Waals surface area contributed by atoms with E-state index in [0.29, 0.717) is 24.7 Å². The Labute approximate surface area is 160 Å². The Hall–Kier alpha value is -1.79. The van der Waals surface area contributed by atoms with Crippen LogP contribution >= 0.6 is 11.6 Å². The van der Waals surface area contributed by atoms with E-state index in [-0.39, 0.29) is 11.9 Å². The molecule has 0 aromatic heterocycles. The highest BCUT2D eigenvalue weighted by Crippen LogP contribution is 2.12. The minimum absolute atomic E-state index is 0.00247. The number of hydrogen-bond acceptors (Lipinski definition) is 4. The number of benzene rings is 1. The fourth-order valence-corrected chi connectivity index (χ4v) is 2.98. The van der Waals surface area contributed by atoms with E-state index in [1.165, 1.54) is 0 Å². The number of alkyl carbamates (subject to hydrolysis) is 1. The van der Waals surface area contributed by atoms with Crippen LogP contribution in [-0.2, 0) is 16.1 Å². The van der Waals surface area contributed by atoms with Gasteiger partial charge in [-0.1, -0.05) is 23.7 Å². The predicted molar refractivity (Wildman–Crippen MR) is 102 cm³/mol. The Kier molecular flexibility index (Phi) is 7.29. The maximum Gasteiger partial charge on any atom is 0.407 e. The highest BCUT2D eigenvalue weighted by atomic mass is 35.5. The van der Waals surface area contributed by atoms with Gasteiger partial charge in [0.2, 0.25) is 5.91 Å². The summed E-state index contributed by atoms with van der Waals surface area (Å²) in [6, 6.07) is 7.40. The minimum atomic E-state index is -0.514. The lowest BCUT2D eigenvalue weighted by molar-refractivity contribution is -0.122. The predicted octanol–water partition coefficient (Wildman–Crippen LogP) is 2.95. The molecule has 2 N–H and O–H groups in total. The fraction of sp³-hybridized carbons (Fsp3) is 0.579. The smallest absolute Gasteiger partial charge is 0.407 e. The van der Waals surface area contributed by atoms with Crippen molar-refractivity contribution in [2.75, 3.05) is 19.6 Å². The number of halogens is 1. The van der Waals surface area contributed by atoms with E-state index in [9.17, 15) is 9.59 Å². The van der Waals surface area contributed by atoms with E-state index >= 15 is 0 Å². The number of carbonyl (C=O) groups is 2. The van der Waals surface area contributed by atoms with Gasteiger partial charge in [-0.05, 0) is 57.9 Å². The fourth-order valence-electron chi connectivity index (χ4n) is 2.85. The van der Waals surface area contributed by atoms with E-state index in [2.05, 4.69) is 15.5 Å². The molecular weight excluding hydrogens is 354 g/mol. The molecule has 1 aliphatic rings. The van der Waals surface area contributed by atoms with Crippen molar-refractivity contribution >= 4 is 23.6 Å². The number of ether oxygens (including phenoxy) is 1. The van der Waals surface area contributed by atoms with Gasteiger partial charge < -0.3 is 15.4 Å². The lowest BCUT2D eigenvalue weighted by Crippen LogP contribution is -2.50. The average Bonchev–Trinajstić information content (AvgIpc) is 2.53. The molecule has 2 amide bonds. The van der Waals surface area contributed by atoms with Crippen molar-refractivity contribution in [3.63, 3.8) is 0 Å². The third-order valence-corrected chi connectivity index (χ3v) is 4.25. The van der Waals surface area contributed by atoms with E-state index in [0.717, 1.165) is 24.9 Å². The number of likely N-dealkylation sites (tertiary alicyclic amines) is 1. The van der Waals surface area contributed by atoms with Gasteiger partial charge in [-0.3, -0.25) is 9.69 Å².